The zero-order valence-electron chi connectivity index (χ0n) is 37.7. The zero-order chi connectivity index (χ0) is 46.9. The van der Waals surface area contributed by atoms with Crippen molar-refractivity contribution in [3.8, 4) is 0 Å². The lowest BCUT2D eigenvalue weighted by atomic mass is 9.94. The van der Waals surface area contributed by atoms with Crippen molar-refractivity contribution in [1.29, 1.82) is 0 Å². The minimum absolute atomic E-state index is 0.0729. The second-order valence-corrected chi connectivity index (χ2v) is 22.4. The van der Waals surface area contributed by atoms with Gasteiger partial charge in [-0.3, -0.25) is 4.79 Å². The average molecular weight is 934 g/mol. The van der Waals surface area contributed by atoms with Crippen LogP contribution in [0.4, 0.5) is 0 Å². The third kappa shape index (κ3) is 10.4. The van der Waals surface area contributed by atoms with Crippen LogP contribution in [0, 0.1) is 11.8 Å². The molecule has 6 aromatic rings. The Labute approximate surface area is 379 Å². The molecule has 2 fully saturated rings. The van der Waals surface area contributed by atoms with E-state index >= 15 is 0 Å². The molecular weight excluding hydrogens is 875 g/mol. The molecule has 6 heterocycles. The van der Waals surface area contributed by atoms with Gasteiger partial charge in [-0.2, -0.15) is 0 Å². The highest BCUT2D eigenvalue weighted by Gasteiger charge is 2.29. The fourth-order valence-electron chi connectivity index (χ4n) is 8.26. The molecule has 19 heteroatoms. The monoisotopic (exact) mass is 933 g/mol. The molecule has 0 atom stereocenters. The molecule has 0 bridgehead atoms. The average Bonchev–Trinajstić information content (AvgIpc) is 4.09. The van der Waals surface area contributed by atoms with Crippen LogP contribution in [0.1, 0.15) is 99.6 Å². The summed E-state index contributed by atoms with van der Waals surface area (Å²) in [5.74, 6) is 1.20. The number of carbonyl (C=O) groups is 2. The quantitative estimate of drug-likeness (QED) is 0.128. The predicted molar refractivity (Wildman–Crippen MR) is 244 cm³/mol. The van der Waals surface area contributed by atoms with Crippen LogP contribution in [0.25, 0.3) is 22.1 Å². The number of nitrogens with one attached hydrogen (secondary N) is 1. The van der Waals surface area contributed by atoms with Gasteiger partial charge < -0.3 is 34.1 Å². The van der Waals surface area contributed by atoms with Gasteiger partial charge in [-0.05, 0) is 86.1 Å². The Morgan fingerprint density at radius 3 is 1.48 bits per heavy atom. The maximum Gasteiger partial charge on any atom is 0.337 e. The molecule has 2 aliphatic heterocycles. The Bertz CT molecular complexity index is 2900. The first-order valence-electron chi connectivity index (χ1n) is 21.8. The molecule has 0 aliphatic carbocycles. The summed E-state index contributed by atoms with van der Waals surface area (Å²) in [5, 5.41) is 20.5. The van der Waals surface area contributed by atoms with Crippen LogP contribution in [0.5, 0.6) is 0 Å². The molecule has 8 rings (SSSR count). The number of aromatic carboxylic acids is 1. The number of aliphatic hydroxyl groups is 1. The van der Waals surface area contributed by atoms with Crippen molar-refractivity contribution in [2.45, 2.75) is 101 Å². The number of nitrogens with zero attached hydrogens (tertiary/aromatic N) is 6. The second-order valence-electron chi connectivity index (χ2n) is 18.8. The van der Waals surface area contributed by atoms with Crippen molar-refractivity contribution < 1.29 is 46.1 Å². The Morgan fingerprint density at radius 2 is 1.09 bits per heavy atom. The SMILES string of the molecule is CC(C)(C)c1nc2cc(S(=O)(=O)n3ccc(C(=O)NCCO)c3)ccc2n1CC1CCOCC1.CC(C)(C)c1nc2cc(S(=O)(=O)n3ccc(C(=O)O)c3)ccc2n1CC1CCOCC1. The smallest absolute Gasteiger partial charge is 0.337 e. The van der Waals surface area contributed by atoms with Crippen LogP contribution in [0.3, 0.4) is 0 Å². The first-order valence-corrected chi connectivity index (χ1v) is 24.7. The molecule has 4 aromatic heterocycles. The van der Waals surface area contributed by atoms with Crippen molar-refractivity contribution in [1.82, 2.24) is 32.4 Å². The summed E-state index contributed by atoms with van der Waals surface area (Å²) in [4.78, 5) is 33.1. The number of amides is 1. The van der Waals surface area contributed by atoms with Crippen LogP contribution in [0.15, 0.2) is 83.1 Å². The van der Waals surface area contributed by atoms with Gasteiger partial charge in [-0.15, -0.1) is 0 Å². The highest BCUT2D eigenvalue weighted by Crippen LogP contribution is 2.33. The first-order chi connectivity index (χ1) is 30.7. The molecule has 17 nitrogen and oxygen atoms in total. The molecule has 3 N–H and O–H groups in total. The molecule has 0 radical (unpaired) electrons. The topological polar surface area (TPSA) is 219 Å². The Morgan fingerprint density at radius 1 is 0.677 bits per heavy atom. The number of hydrogen-bond donors (Lipinski definition) is 3. The van der Waals surface area contributed by atoms with Gasteiger partial charge in [0.05, 0.1) is 49.6 Å². The zero-order valence-corrected chi connectivity index (χ0v) is 39.4. The first kappa shape index (κ1) is 47.6. The summed E-state index contributed by atoms with van der Waals surface area (Å²) in [5.41, 5.74) is 2.76. The van der Waals surface area contributed by atoms with Gasteiger partial charge >= 0.3 is 5.97 Å². The van der Waals surface area contributed by atoms with Crippen LogP contribution in [-0.2, 0) is 53.4 Å². The Hall–Kier alpha value is -5.34. The standard InChI is InChI=1S/C24H32N4O5S.C22H27N3O5S/c1-24(2,3)23-26-20-14-19(4-5-21(20)28(23)15-17-7-12-33-13-8-17)34(31,32)27-10-6-18(16-27)22(30)25-9-11-29;1-22(2,3)21-23-18-12-17(31(28,29)24-9-6-16(14-24)20(26)27)4-5-19(18)25(21)13-15-7-10-30-11-8-15/h4-6,10,14,16-17,29H,7-9,11-13,15H2,1-3H3,(H,25,30);4-6,9,12,14-15H,7-8,10-11,13H2,1-3H3,(H,26,27). The van der Waals surface area contributed by atoms with Gasteiger partial charge in [0.1, 0.15) is 11.6 Å². The lowest BCUT2D eigenvalue weighted by Gasteiger charge is -2.26. The highest BCUT2D eigenvalue weighted by molar-refractivity contribution is 7.90. The molecule has 65 heavy (non-hydrogen) atoms. The summed E-state index contributed by atoms with van der Waals surface area (Å²) in [6, 6.07) is 12.6. The number of aliphatic hydroxyl groups excluding tert-OH is 1. The van der Waals surface area contributed by atoms with Crippen LogP contribution < -0.4 is 5.32 Å². The van der Waals surface area contributed by atoms with E-state index in [1.165, 1.54) is 30.7 Å². The second kappa shape index (κ2) is 18.9. The Kier molecular flexibility index (Phi) is 13.8. The van der Waals surface area contributed by atoms with E-state index in [0.29, 0.717) is 22.9 Å². The van der Waals surface area contributed by atoms with Crippen molar-refractivity contribution in [2.24, 2.45) is 11.8 Å². The van der Waals surface area contributed by atoms with Gasteiger partial charge in [0, 0.05) is 81.7 Å². The summed E-state index contributed by atoms with van der Waals surface area (Å²) in [6.07, 6.45) is 8.95. The van der Waals surface area contributed by atoms with Crippen molar-refractivity contribution in [3.05, 3.63) is 96.1 Å². The number of hydrogen-bond acceptors (Lipinski definition) is 11. The van der Waals surface area contributed by atoms with E-state index in [0.717, 1.165) is 102 Å². The van der Waals surface area contributed by atoms with Crippen molar-refractivity contribution >= 4 is 54.0 Å². The van der Waals surface area contributed by atoms with Crippen LogP contribution >= 0.6 is 0 Å². The maximum atomic E-state index is 13.3. The van der Waals surface area contributed by atoms with Gasteiger partial charge in [0.15, 0.2) is 0 Å². The van der Waals surface area contributed by atoms with Crippen LogP contribution in [-0.4, -0.2) is 106 Å². The molecule has 0 unspecified atom stereocenters. The molecule has 1 amide bonds. The molecular formula is C46H59N7O10S2. The third-order valence-electron chi connectivity index (χ3n) is 11.7. The number of imidazole rings is 2. The van der Waals surface area contributed by atoms with Crippen LogP contribution in [0.2, 0.25) is 0 Å². The fraction of sp³-hybridized carbons (Fsp3) is 0.478. The number of carbonyl (C=O) groups excluding carboxylic acids is 1. The third-order valence-corrected chi connectivity index (χ3v) is 15.0. The van der Waals surface area contributed by atoms with E-state index in [9.17, 15) is 26.4 Å². The van der Waals surface area contributed by atoms with Gasteiger partial charge in [0.2, 0.25) is 0 Å². The number of carboxylic acids is 1. The fourth-order valence-corrected chi connectivity index (χ4v) is 10.7. The minimum atomic E-state index is -3.92. The van der Waals surface area contributed by atoms with Crippen molar-refractivity contribution in [2.75, 3.05) is 39.6 Å². The predicted octanol–water partition coefficient (Wildman–Crippen LogP) is 6.02. The minimum Gasteiger partial charge on any atom is -0.478 e. The molecule has 350 valence electrons. The number of aromatic nitrogens is 6. The highest BCUT2D eigenvalue weighted by atomic mass is 32.2. The van der Waals surface area contributed by atoms with E-state index in [2.05, 4.69) is 56.0 Å². The lowest BCUT2D eigenvalue weighted by Crippen LogP contribution is -2.26. The van der Waals surface area contributed by atoms with E-state index < -0.39 is 31.9 Å². The number of ether oxygens (including phenoxy) is 2. The molecule has 2 saturated heterocycles. The number of carboxylic acid groups (broad SMARTS) is 1. The van der Waals surface area contributed by atoms with Gasteiger partial charge in [-0.1, -0.05) is 41.5 Å². The molecule has 2 aliphatic rings. The Balaban J connectivity index is 0.000000195. The maximum absolute atomic E-state index is 13.3. The van der Waals surface area contributed by atoms with E-state index in [4.69, 9.17) is 29.7 Å². The molecule has 0 spiro atoms. The van der Waals surface area contributed by atoms with Crippen molar-refractivity contribution in [3.63, 3.8) is 0 Å². The number of benzene rings is 2. The van der Waals surface area contributed by atoms with Gasteiger partial charge in [-0.25, -0.2) is 39.5 Å². The van der Waals surface area contributed by atoms with E-state index in [-0.39, 0.29) is 44.9 Å². The molecule has 2 aromatic carbocycles. The summed E-state index contributed by atoms with van der Waals surface area (Å²) >= 11 is 0. The van der Waals surface area contributed by atoms with E-state index in [1.807, 2.05) is 6.07 Å². The summed E-state index contributed by atoms with van der Waals surface area (Å²) in [6.45, 7) is 17.2. The van der Waals surface area contributed by atoms with E-state index in [1.54, 1.807) is 30.3 Å². The number of fused-ring (bicyclic) bond motifs is 2. The number of rotatable bonds is 12. The lowest BCUT2D eigenvalue weighted by molar-refractivity contribution is 0.0610. The largest absolute Gasteiger partial charge is 0.478 e. The summed E-state index contributed by atoms with van der Waals surface area (Å²) in [7, 11) is -7.83. The summed E-state index contributed by atoms with van der Waals surface area (Å²) < 4.78 is 70.0. The van der Waals surface area contributed by atoms with Gasteiger partial charge in [0.25, 0.3) is 26.0 Å². The normalized spacial score (nSPS) is 15.9. The molecule has 0 saturated carbocycles.